The lowest BCUT2D eigenvalue weighted by atomic mass is 10.1. The summed E-state index contributed by atoms with van der Waals surface area (Å²) in [5, 5.41) is 0.328. The Bertz CT molecular complexity index is 1440. The van der Waals surface area contributed by atoms with Crippen molar-refractivity contribution in [3.05, 3.63) is 104 Å². The molecule has 4 aromatic rings. The lowest BCUT2D eigenvalue weighted by Crippen LogP contribution is -2.41. The zero-order valence-electron chi connectivity index (χ0n) is 16.2. The minimum Gasteiger partial charge on any atom is -0.467 e. The van der Waals surface area contributed by atoms with Gasteiger partial charge in [-0.25, -0.2) is 4.79 Å². The van der Waals surface area contributed by atoms with Gasteiger partial charge in [0, 0.05) is 10.6 Å². The number of halogens is 4. The van der Waals surface area contributed by atoms with Crippen molar-refractivity contribution in [3.63, 3.8) is 0 Å². The largest absolute Gasteiger partial charge is 0.467 e. The number of furan rings is 1. The van der Waals surface area contributed by atoms with Gasteiger partial charge in [0.15, 0.2) is 5.78 Å². The van der Waals surface area contributed by atoms with E-state index in [1.165, 1.54) is 30.5 Å². The van der Waals surface area contributed by atoms with Crippen LogP contribution in [0.25, 0.3) is 10.9 Å². The van der Waals surface area contributed by atoms with Gasteiger partial charge >= 0.3 is 11.9 Å². The van der Waals surface area contributed by atoms with Gasteiger partial charge in [0.05, 0.1) is 35.8 Å². The maximum absolute atomic E-state index is 13.1. The van der Waals surface area contributed by atoms with Gasteiger partial charge in [0.2, 0.25) is 0 Å². The van der Waals surface area contributed by atoms with Crippen LogP contribution in [0.15, 0.2) is 74.9 Å². The van der Waals surface area contributed by atoms with E-state index in [2.05, 4.69) is 0 Å². The van der Waals surface area contributed by atoms with Crippen molar-refractivity contribution in [3.8, 4) is 0 Å². The Balaban J connectivity index is 1.84. The Morgan fingerprint density at radius 3 is 2.47 bits per heavy atom. The second-order valence-corrected chi connectivity index (χ2v) is 7.44. The van der Waals surface area contributed by atoms with Crippen LogP contribution in [0.3, 0.4) is 0 Å². The number of rotatable bonds is 5. The van der Waals surface area contributed by atoms with Gasteiger partial charge in [-0.1, -0.05) is 23.7 Å². The molecule has 0 aliphatic rings. The lowest BCUT2D eigenvalue weighted by molar-refractivity contribution is -0.137. The van der Waals surface area contributed by atoms with Gasteiger partial charge in [0.25, 0.3) is 5.56 Å². The van der Waals surface area contributed by atoms with Crippen LogP contribution in [0, 0.1) is 0 Å². The summed E-state index contributed by atoms with van der Waals surface area (Å²) in [6, 6.07) is 11.3. The van der Waals surface area contributed by atoms with E-state index in [1.807, 2.05) is 0 Å². The Labute approximate surface area is 183 Å². The van der Waals surface area contributed by atoms with E-state index >= 15 is 0 Å². The van der Waals surface area contributed by atoms with E-state index < -0.39 is 35.3 Å². The van der Waals surface area contributed by atoms with Crippen molar-refractivity contribution in [2.45, 2.75) is 19.3 Å². The molecule has 0 saturated carbocycles. The first kappa shape index (κ1) is 21.6. The molecule has 0 fully saturated rings. The standard InChI is InChI=1S/C22H14ClF3N2O4/c23-15-6-7-18-17(10-15)20(30)28(11-16-5-2-8-32-16)21(31)27(18)12-19(29)13-3-1-4-14(9-13)22(24,25)26/h1-10H,11-12H2. The van der Waals surface area contributed by atoms with Crippen molar-refractivity contribution in [1.29, 1.82) is 0 Å². The summed E-state index contributed by atoms with van der Waals surface area (Å²) in [6.07, 6.45) is -3.24. The van der Waals surface area contributed by atoms with E-state index in [0.717, 1.165) is 27.3 Å². The fourth-order valence-electron chi connectivity index (χ4n) is 3.35. The topological polar surface area (TPSA) is 74.2 Å². The molecule has 2 aromatic heterocycles. The molecule has 0 atom stereocenters. The zero-order chi connectivity index (χ0) is 23.0. The molecule has 6 nitrogen and oxygen atoms in total. The summed E-state index contributed by atoms with van der Waals surface area (Å²) in [4.78, 5) is 38.9. The highest BCUT2D eigenvalue weighted by molar-refractivity contribution is 6.31. The Kier molecular flexibility index (Phi) is 5.52. The van der Waals surface area contributed by atoms with Crippen LogP contribution in [0.4, 0.5) is 13.2 Å². The number of aromatic nitrogens is 2. The lowest BCUT2D eigenvalue weighted by Gasteiger charge is -2.14. The molecule has 0 unspecified atom stereocenters. The number of hydrogen-bond donors (Lipinski definition) is 0. The maximum atomic E-state index is 13.1. The molecule has 0 bridgehead atoms. The van der Waals surface area contributed by atoms with Gasteiger partial charge in [-0.3, -0.25) is 18.7 Å². The highest BCUT2D eigenvalue weighted by Crippen LogP contribution is 2.29. The molecule has 0 aliphatic carbocycles. The number of Topliss-reactive ketones (excluding diaryl/α,β-unsaturated/α-hetero) is 1. The number of carbonyl (C=O) groups is 1. The molecular weight excluding hydrogens is 449 g/mol. The molecule has 0 amide bonds. The Morgan fingerprint density at radius 2 is 1.78 bits per heavy atom. The van der Waals surface area contributed by atoms with Crippen molar-refractivity contribution < 1.29 is 22.4 Å². The molecule has 0 radical (unpaired) electrons. The number of carbonyl (C=O) groups excluding carboxylic acids is 1. The van der Waals surface area contributed by atoms with Crippen molar-refractivity contribution >= 4 is 28.3 Å². The molecule has 2 aromatic carbocycles. The number of benzene rings is 2. The van der Waals surface area contributed by atoms with Crippen LogP contribution < -0.4 is 11.2 Å². The van der Waals surface area contributed by atoms with E-state index in [-0.39, 0.29) is 28.0 Å². The number of ketones is 1. The predicted molar refractivity (Wildman–Crippen MR) is 111 cm³/mol. The maximum Gasteiger partial charge on any atom is 0.416 e. The SMILES string of the molecule is O=C(Cn1c(=O)n(Cc2ccco2)c(=O)c2cc(Cl)ccc21)c1cccc(C(F)(F)F)c1. The predicted octanol–water partition coefficient (Wildman–Crippen LogP) is 4.36. The summed E-state index contributed by atoms with van der Waals surface area (Å²) < 4.78 is 46.2. The molecule has 0 N–H and O–H groups in total. The summed E-state index contributed by atoms with van der Waals surface area (Å²) in [7, 11) is 0. The normalized spacial score (nSPS) is 11.8. The van der Waals surface area contributed by atoms with E-state index in [0.29, 0.717) is 5.76 Å². The summed E-state index contributed by atoms with van der Waals surface area (Å²) in [5.74, 6) is -0.390. The van der Waals surface area contributed by atoms with Crippen molar-refractivity contribution in [2.24, 2.45) is 0 Å². The number of alkyl halides is 3. The minimum absolute atomic E-state index is 0.0838. The van der Waals surface area contributed by atoms with Crippen molar-refractivity contribution in [2.75, 3.05) is 0 Å². The van der Waals surface area contributed by atoms with Crippen LogP contribution in [0.2, 0.25) is 5.02 Å². The smallest absolute Gasteiger partial charge is 0.416 e. The quantitative estimate of drug-likeness (QED) is 0.413. The summed E-state index contributed by atoms with van der Waals surface area (Å²) in [5.41, 5.74) is -2.48. The van der Waals surface area contributed by atoms with Crippen LogP contribution in [0.1, 0.15) is 21.7 Å². The molecule has 0 saturated heterocycles. The van der Waals surface area contributed by atoms with Crippen LogP contribution >= 0.6 is 11.6 Å². The average molecular weight is 463 g/mol. The van der Waals surface area contributed by atoms with Crippen LogP contribution in [-0.2, 0) is 19.3 Å². The first-order valence-corrected chi connectivity index (χ1v) is 9.68. The molecule has 4 rings (SSSR count). The van der Waals surface area contributed by atoms with Gasteiger partial charge in [0.1, 0.15) is 5.76 Å². The van der Waals surface area contributed by atoms with E-state index in [1.54, 1.807) is 12.1 Å². The summed E-state index contributed by atoms with van der Waals surface area (Å²) >= 11 is 6.01. The average Bonchev–Trinajstić information content (AvgIpc) is 3.27. The second-order valence-electron chi connectivity index (χ2n) is 7.00. The molecular formula is C22H14ClF3N2O4. The van der Waals surface area contributed by atoms with E-state index in [4.69, 9.17) is 16.0 Å². The van der Waals surface area contributed by atoms with E-state index in [9.17, 15) is 27.6 Å². The third-order valence-corrected chi connectivity index (χ3v) is 5.13. The first-order valence-electron chi connectivity index (χ1n) is 9.31. The highest BCUT2D eigenvalue weighted by atomic mass is 35.5. The molecule has 164 valence electrons. The minimum atomic E-state index is -4.62. The van der Waals surface area contributed by atoms with Crippen molar-refractivity contribution in [1.82, 2.24) is 9.13 Å². The van der Waals surface area contributed by atoms with Gasteiger partial charge < -0.3 is 4.42 Å². The van der Waals surface area contributed by atoms with Crippen LogP contribution in [0.5, 0.6) is 0 Å². The summed E-state index contributed by atoms with van der Waals surface area (Å²) in [6.45, 7) is -0.762. The van der Waals surface area contributed by atoms with Gasteiger partial charge in [-0.15, -0.1) is 0 Å². The van der Waals surface area contributed by atoms with Crippen LogP contribution in [-0.4, -0.2) is 14.9 Å². The zero-order valence-corrected chi connectivity index (χ0v) is 17.0. The first-order chi connectivity index (χ1) is 15.1. The third kappa shape index (κ3) is 4.11. The number of nitrogens with zero attached hydrogens (tertiary/aromatic N) is 2. The molecule has 0 spiro atoms. The third-order valence-electron chi connectivity index (χ3n) is 4.89. The Morgan fingerprint density at radius 1 is 1.00 bits per heavy atom. The molecule has 0 aliphatic heterocycles. The second kappa shape index (κ2) is 8.16. The molecule has 32 heavy (non-hydrogen) atoms. The number of hydrogen-bond acceptors (Lipinski definition) is 4. The number of fused-ring (bicyclic) bond motifs is 1. The highest BCUT2D eigenvalue weighted by Gasteiger charge is 2.31. The molecule has 10 heteroatoms. The van der Waals surface area contributed by atoms with Gasteiger partial charge in [-0.05, 0) is 42.5 Å². The Hall–Kier alpha value is -3.59. The monoisotopic (exact) mass is 462 g/mol. The molecule has 2 heterocycles. The van der Waals surface area contributed by atoms with Gasteiger partial charge in [-0.2, -0.15) is 13.2 Å². The fourth-order valence-corrected chi connectivity index (χ4v) is 3.52. The fraction of sp³-hybridized carbons (Fsp3) is 0.136.